The summed E-state index contributed by atoms with van der Waals surface area (Å²) >= 11 is 0. The summed E-state index contributed by atoms with van der Waals surface area (Å²) < 4.78 is 24.6. The van der Waals surface area contributed by atoms with Gasteiger partial charge in [0.25, 0.3) is 0 Å². The molecule has 0 radical (unpaired) electrons. The van der Waals surface area contributed by atoms with Gasteiger partial charge in [0, 0.05) is 26.7 Å². The van der Waals surface area contributed by atoms with Crippen molar-refractivity contribution in [1.29, 1.82) is 0 Å². The van der Waals surface area contributed by atoms with E-state index in [1.165, 1.54) is 0 Å². The average molecular weight is 369 g/mol. The third-order valence-electron chi connectivity index (χ3n) is 2.86. The van der Waals surface area contributed by atoms with Gasteiger partial charge in [-0.05, 0) is 39.3 Å². The third kappa shape index (κ3) is 9.53. The van der Waals surface area contributed by atoms with Crippen molar-refractivity contribution in [2.75, 3.05) is 26.7 Å². The SMILES string of the molecule is CCN(C)O[Si](C)(C)O[Si](C)(C)O[Si](C)(C)ON(CC)CC. The summed E-state index contributed by atoms with van der Waals surface area (Å²) in [5, 5.41) is 3.77. The summed E-state index contributed by atoms with van der Waals surface area (Å²) in [5.41, 5.74) is 0. The molecule has 0 aromatic heterocycles. The highest BCUT2D eigenvalue weighted by atomic mass is 28.5. The van der Waals surface area contributed by atoms with Crippen molar-refractivity contribution >= 4 is 25.7 Å². The van der Waals surface area contributed by atoms with E-state index in [0.29, 0.717) is 0 Å². The average Bonchev–Trinajstić information content (AvgIpc) is 2.32. The molecule has 0 atom stereocenters. The molecule has 0 aliphatic carbocycles. The molecule has 0 aliphatic rings. The van der Waals surface area contributed by atoms with Gasteiger partial charge >= 0.3 is 25.7 Å². The minimum atomic E-state index is -2.33. The molecule has 22 heavy (non-hydrogen) atoms. The highest BCUT2D eigenvalue weighted by Crippen LogP contribution is 2.22. The highest BCUT2D eigenvalue weighted by molar-refractivity contribution is 6.84. The second kappa shape index (κ2) is 9.04. The van der Waals surface area contributed by atoms with E-state index >= 15 is 0 Å². The van der Waals surface area contributed by atoms with Gasteiger partial charge < -0.3 is 17.3 Å². The fourth-order valence-electron chi connectivity index (χ4n) is 2.35. The van der Waals surface area contributed by atoms with Crippen LogP contribution >= 0.6 is 0 Å². The molecule has 0 aliphatic heterocycles. The van der Waals surface area contributed by atoms with E-state index in [0.717, 1.165) is 19.6 Å². The Morgan fingerprint density at radius 1 is 0.636 bits per heavy atom. The van der Waals surface area contributed by atoms with E-state index in [9.17, 15) is 0 Å². The summed E-state index contributed by atoms with van der Waals surface area (Å²) in [6.45, 7) is 21.1. The molecule has 0 saturated heterocycles. The summed E-state index contributed by atoms with van der Waals surface area (Å²) in [4.78, 5) is 0. The van der Waals surface area contributed by atoms with Crippen LogP contribution in [-0.2, 0) is 17.3 Å². The smallest absolute Gasteiger partial charge is 0.343 e. The largest absolute Gasteiger partial charge is 0.415 e. The number of hydroxylamine groups is 4. The van der Waals surface area contributed by atoms with Crippen LogP contribution in [0.2, 0.25) is 39.3 Å². The molecular formula is C13H36N2O4Si3. The van der Waals surface area contributed by atoms with E-state index in [2.05, 4.69) is 60.1 Å². The molecule has 9 heteroatoms. The van der Waals surface area contributed by atoms with Crippen molar-refractivity contribution in [3.05, 3.63) is 0 Å². The van der Waals surface area contributed by atoms with Crippen LogP contribution in [-0.4, -0.2) is 62.5 Å². The molecule has 0 spiro atoms. The van der Waals surface area contributed by atoms with E-state index < -0.39 is 25.7 Å². The van der Waals surface area contributed by atoms with Gasteiger partial charge in [-0.1, -0.05) is 20.8 Å². The number of hydrogen-bond donors (Lipinski definition) is 0. The minimum absolute atomic E-state index is 0.827. The van der Waals surface area contributed by atoms with E-state index in [1.807, 2.05) is 17.2 Å². The normalized spacial score (nSPS) is 14.2. The lowest BCUT2D eigenvalue weighted by Gasteiger charge is -2.39. The molecule has 0 rings (SSSR count). The van der Waals surface area contributed by atoms with Crippen LogP contribution < -0.4 is 0 Å². The fraction of sp³-hybridized carbons (Fsp3) is 1.00. The van der Waals surface area contributed by atoms with Gasteiger partial charge in [0.2, 0.25) is 0 Å². The summed E-state index contributed by atoms with van der Waals surface area (Å²) in [7, 11) is -4.94. The first-order valence-corrected chi connectivity index (χ1v) is 16.6. The zero-order valence-electron chi connectivity index (χ0n) is 16.1. The first-order valence-electron chi connectivity index (χ1n) is 8.11. The van der Waals surface area contributed by atoms with Crippen molar-refractivity contribution in [3.8, 4) is 0 Å². The van der Waals surface area contributed by atoms with Crippen molar-refractivity contribution in [2.24, 2.45) is 0 Å². The van der Waals surface area contributed by atoms with E-state index in [4.69, 9.17) is 17.3 Å². The van der Waals surface area contributed by atoms with Gasteiger partial charge in [0.05, 0.1) is 0 Å². The molecule has 0 aromatic carbocycles. The molecule has 134 valence electrons. The Kier molecular flexibility index (Phi) is 9.21. The summed E-state index contributed by atoms with van der Waals surface area (Å²) in [6.07, 6.45) is 0. The number of hydrogen-bond acceptors (Lipinski definition) is 6. The van der Waals surface area contributed by atoms with Gasteiger partial charge in [0.1, 0.15) is 0 Å². The molecule has 0 N–H and O–H groups in total. The molecule has 0 amide bonds. The van der Waals surface area contributed by atoms with Crippen LogP contribution in [0, 0.1) is 0 Å². The second-order valence-electron chi connectivity index (χ2n) is 6.64. The maximum atomic E-state index is 6.34. The van der Waals surface area contributed by atoms with Crippen LogP contribution in [0.25, 0.3) is 0 Å². The van der Waals surface area contributed by atoms with Crippen molar-refractivity contribution in [2.45, 2.75) is 60.1 Å². The third-order valence-corrected chi connectivity index (χ3v) is 12.2. The summed E-state index contributed by atoms with van der Waals surface area (Å²) in [5.74, 6) is 0. The lowest BCUT2D eigenvalue weighted by molar-refractivity contribution is -0.0767. The lowest BCUT2D eigenvalue weighted by Crippen LogP contribution is -2.56. The predicted molar refractivity (Wildman–Crippen MR) is 98.0 cm³/mol. The minimum Gasteiger partial charge on any atom is -0.415 e. The maximum Gasteiger partial charge on any atom is 0.343 e. The molecule has 0 aromatic rings. The van der Waals surface area contributed by atoms with Gasteiger partial charge in [0.15, 0.2) is 0 Å². The maximum absolute atomic E-state index is 6.34. The number of nitrogens with zero attached hydrogens (tertiary/aromatic N) is 2. The standard InChI is InChI=1S/C13H36N2O4Si3/c1-11-14(4)16-20(5,6)18-22(9,10)19-21(7,8)17-15(12-2)13-3/h11-13H2,1-10H3. The Morgan fingerprint density at radius 3 is 1.41 bits per heavy atom. The molecule has 0 heterocycles. The van der Waals surface area contributed by atoms with Gasteiger partial charge in [-0.15, -0.1) is 0 Å². The molecular weight excluding hydrogens is 332 g/mol. The summed E-state index contributed by atoms with van der Waals surface area (Å²) in [6, 6.07) is 0. The Balaban J connectivity index is 4.72. The zero-order valence-corrected chi connectivity index (χ0v) is 19.1. The quantitative estimate of drug-likeness (QED) is 0.412. The topological polar surface area (TPSA) is 43.4 Å². The zero-order chi connectivity index (χ0) is 17.6. The van der Waals surface area contributed by atoms with Crippen LogP contribution in [0.5, 0.6) is 0 Å². The fourth-order valence-corrected chi connectivity index (χ4v) is 14.4. The van der Waals surface area contributed by atoms with Crippen LogP contribution in [0.3, 0.4) is 0 Å². The first kappa shape index (κ1) is 22.4. The Labute approximate surface area is 140 Å². The molecule has 0 bridgehead atoms. The van der Waals surface area contributed by atoms with E-state index in [1.54, 1.807) is 0 Å². The Bertz CT molecular complexity index is 326. The van der Waals surface area contributed by atoms with Gasteiger partial charge in [-0.3, -0.25) is 0 Å². The van der Waals surface area contributed by atoms with Crippen LogP contribution in [0.15, 0.2) is 0 Å². The van der Waals surface area contributed by atoms with Crippen molar-refractivity contribution < 1.29 is 17.3 Å². The van der Waals surface area contributed by atoms with E-state index in [-0.39, 0.29) is 0 Å². The van der Waals surface area contributed by atoms with Gasteiger partial charge in [-0.25, -0.2) is 5.06 Å². The molecule has 0 unspecified atom stereocenters. The highest BCUT2D eigenvalue weighted by Gasteiger charge is 2.43. The molecule has 0 fully saturated rings. The van der Waals surface area contributed by atoms with Crippen molar-refractivity contribution in [3.63, 3.8) is 0 Å². The Morgan fingerprint density at radius 2 is 1.05 bits per heavy atom. The second-order valence-corrected chi connectivity index (χ2v) is 17.0. The first-order chi connectivity index (χ1) is 9.86. The van der Waals surface area contributed by atoms with Crippen molar-refractivity contribution in [1.82, 2.24) is 10.1 Å². The number of rotatable bonds is 11. The van der Waals surface area contributed by atoms with Gasteiger partial charge in [-0.2, -0.15) is 5.06 Å². The monoisotopic (exact) mass is 368 g/mol. The van der Waals surface area contributed by atoms with Crippen LogP contribution in [0.1, 0.15) is 20.8 Å². The van der Waals surface area contributed by atoms with Crippen LogP contribution in [0.4, 0.5) is 0 Å². The molecule has 0 saturated carbocycles. The lowest BCUT2D eigenvalue weighted by atomic mass is 10.6. The molecule has 6 nitrogen and oxygen atoms in total. The predicted octanol–water partition coefficient (Wildman–Crippen LogP) is 3.28. The Hall–Kier alpha value is 0.411.